The number of hydrogen-bond acceptors (Lipinski definition) is 3. The smallest absolute Gasteiger partial charge is 0.275 e. The van der Waals surface area contributed by atoms with Gasteiger partial charge in [-0.25, -0.2) is 0 Å². The quantitative estimate of drug-likeness (QED) is 0.573. The van der Waals surface area contributed by atoms with Crippen LogP contribution in [-0.4, -0.2) is 10.0 Å². The lowest BCUT2D eigenvalue weighted by molar-refractivity contribution is -0.386. The lowest BCUT2D eigenvalue weighted by Crippen LogP contribution is -2.00. The lowest BCUT2D eigenvalue weighted by Gasteiger charge is -2.07. The molecule has 1 aromatic carbocycles. The second kappa shape index (κ2) is 4.00. The Morgan fingerprint density at radius 1 is 1.54 bits per heavy atom. The first-order valence-corrected chi connectivity index (χ1v) is 4.08. The van der Waals surface area contributed by atoms with E-state index in [1.807, 2.05) is 0 Å². The summed E-state index contributed by atoms with van der Waals surface area (Å²) in [6.45, 7) is 1.78. The van der Waals surface area contributed by atoms with Gasteiger partial charge in [0.2, 0.25) is 0 Å². The number of hydrogen-bond donors (Lipinski definition) is 1. The fraction of sp³-hybridized carbons (Fsp3) is 0.333. The molecule has 0 radical (unpaired) electrons. The minimum Gasteiger partial charge on any atom is -0.388 e. The molecule has 0 amide bonds. The van der Waals surface area contributed by atoms with Gasteiger partial charge < -0.3 is 5.11 Å². The van der Waals surface area contributed by atoms with Crippen molar-refractivity contribution in [1.29, 1.82) is 0 Å². The fourth-order valence-corrected chi connectivity index (χ4v) is 1.16. The minimum atomic E-state index is -0.749. The van der Waals surface area contributed by atoms with Crippen LogP contribution in [0.4, 0.5) is 5.69 Å². The Morgan fingerprint density at radius 3 is 2.69 bits per heavy atom. The molecule has 0 aliphatic carbocycles. The summed E-state index contributed by atoms with van der Waals surface area (Å²) in [5, 5.41) is 20.0. The molecule has 1 atom stereocenters. The van der Waals surface area contributed by atoms with Crippen LogP contribution in [0.5, 0.6) is 0 Å². The van der Waals surface area contributed by atoms with Gasteiger partial charge in [-0.2, -0.15) is 0 Å². The number of rotatable bonds is 3. The van der Waals surface area contributed by atoms with Gasteiger partial charge in [0.15, 0.2) is 0 Å². The summed E-state index contributed by atoms with van der Waals surface area (Å²) in [7, 11) is 0. The van der Waals surface area contributed by atoms with E-state index in [4.69, 9.17) is 0 Å². The largest absolute Gasteiger partial charge is 0.388 e. The molecule has 4 nitrogen and oxygen atoms in total. The summed E-state index contributed by atoms with van der Waals surface area (Å²) in [5.41, 5.74) is 0.367. The SMILES string of the molecule is CC[C@H](O)c1ccccc1[N+](=O)[O-]. The van der Waals surface area contributed by atoms with Crippen LogP contribution in [0.2, 0.25) is 0 Å². The van der Waals surface area contributed by atoms with Gasteiger partial charge in [0.1, 0.15) is 0 Å². The number of aliphatic hydroxyl groups is 1. The van der Waals surface area contributed by atoms with Crippen molar-refractivity contribution in [2.24, 2.45) is 0 Å². The highest BCUT2D eigenvalue weighted by Crippen LogP contribution is 2.26. The molecule has 1 aromatic rings. The van der Waals surface area contributed by atoms with Gasteiger partial charge in [-0.3, -0.25) is 10.1 Å². The summed E-state index contributed by atoms with van der Waals surface area (Å²) in [5.74, 6) is 0. The Morgan fingerprint density at radius 2 is 2.15 bits per heavy atom. The molecular weight excluding hydrogens is 170 g/mol. The maximum Gasteiger partial charge on any atom is 0.275 e. The zero-order chi connectivity index (χ0) is 9.84. The predicted octanol–water partition coefficient (Wildman–Crippen LogP) is 2.04. The number of nitrogens with zero attached hydrogens (tertiary/aromatic N) is 1. The fourth-order valence-electron chi connectivity index (χ4n) is 1.16. The van der Waals surface area contributed by atoms with Gasteiger partial charge in [0.05, 0.1) is 16.6 Å². The van der Waals surface area contributed by atoms with E-state index in [2.05, 4.69) is 0 Å². The standard InChI is InChI=1S/C9H11NO3/c1-2-9(11)7-5-3-4-6-8(7)10(12)13/h3-6,9,11H,2H2,1H3/t9-/m0/s1. The minimum absolute atomic E-state index is 0.0168. The van der Waals surface area contributed by atoms with E-state index in [0.717, 1.165) is 0 Å². The van der Waals surface area contributed by atoms with Crippen LogP contribution >= 0.6 is 0 Å². The van der Waals surface area contributed by atoms with Crippen LogP contribution in [-0.2, 0) is 0 Å². The molecule has 0 heterocycles. The molecule has 0 bridgehead atoms. The van der Waals surface area contributed by atoms with Crippen LogP contribution in [0, 0.1) is 10.1 Å². The van der Waals surface area contributed by atoms with Gasteiger partial charge in [0, 0.05) is 6.07 Å². The Hall–Kier alpha value is -1.42. The van der Waals surface area contributed by atoms with E-state index in [9.17, 15) is 15.2 Å². The second-order valence-corrected chi connectivity index (χ2v) is 2.74. The number of nitro groups is 1. The number of para-hydroxylation sites is 1. The van der Waals surface area contributed by atoms with Crippen LogP contribution in [0.25, 0.3) is 0 Å². The predicted molar refractivity (Wildman–Crippen MR) is 48.3 cm³/mol. The maximum absolute atomic E-state index is 10.5. The highest BCUT2D eigenvalue weighted by molar-refractivity contribution is 5.41. The monoisotopic (exact) mass is 181 g/mol. The van der Waals surface area contributed by atoms with Crippen molar-refractivity contribution >= 4 is 5.69 Å². The molecule has 70 valence electrons. The van der Waals surface area contributed by atoms with Crippen LogP contribution in [0.3, 0.4) is 0 Å². The first-order chi connectivity index (χ1) is 6.16. The van der Waals surface area contributed by atoms with E-state index in [1.54, 1.807) is 25.1 Å². The molecule has 0 spiro atoms. The van der Waals surface area contributed by atoms with Gasteiger partial charge in [-0.05, 0) is 12.5 Å². The molecule has 4 heteroatoms. The Balaban J connectivity index is 3.11. The third-order valence-electron chi connectivity index (χ3n) is 1.88. The van der Waals surface area contributed by atoms with E-state index >= 15 is 0 Å². The van der Waals surface area contributed by atoms with Gasteiger partial charge in [0.25, 0.3) is 5.69 Å². The summed E-state index contributed by atoms with van der Waals surface area (Å²) < 4.78 is 0. The van der Waals surface area contributed by atoms with Crippen molar-refractivity contribution in [2.75, 3.05) is 0 Å². The molecule has 1 N–H and O–H groups in total. The van der Waals surface area contributed by atoms with Crippen LogP contribution in [0.15, 0.2) is 24.3 Å². The maximum atomic E-state index is 10.5. The normalized spacial score (nSPS) is 12.5. The molecule has 0 aliphatic heterocycles. The Bertz CT molecular complexity index is 311. The first-order valence-electron chi connectivity index (χ1n) is 4.08. The zero-order valence-corrected chi connectivity index (χ0v) is 7.30. The van der Waals surface area contributed by atoms with E-state index < -0.39 is 11.0 Å². The van der Waals surface area contributed by atoms with Crippen molar-refractivity contribution < 1.29 is 10.0 Å². The third kappa shape index (κ3) is 2.03. The molecular formula is C9H11NO3. The summed E-state index contributed by atoms with van der Waals surface area (Å²) >= 11 is 0. The molecule has 0 saturated heterocycles. The average Bonchev–Trinajstić information content (AvgIpc) is 2.16. The number of nitro benzene ring substituents is 1. The van der Waals surface area contributed by atoms with Crippen molar-refractivity contribution in [1.82, 2.24) is 0 Å². The Labute approximate surface area is 76.0 Å². The van der Waals surface area contributed by atoms with Gasteiger partial charge in [-0.1, -0.05) is 19.1 Å². The van der Waals surface area contributed by atoms with E-state index in [-0.39, 0.29) is 5.69 Å². The molecule has 0 unspecified atom stereocenters. The third-order valence-corrected chi connectivity index (χ3v) is 1.88. The first kappa shape index (κ1) is 9.67. The average molecular weight is 181 g/mol. The van der Waals surface area contributed by atoms with Crippen molar-refractivity contribution in [3.63, 3.8) is 0 Å². The van der Waals surface area contributed by atoms with E-state index in [1.165, 1.54) is 6.07 Å². The summed E-state index contributed by atoms with van der Waals surface area (Å²) in [4.78, 5) is 10.1. The molecule has 0 aromatic heterocycles. The van der Waals surface area contributed by atoms with Crippen molar-refractivity contribution in [3.8, 4) is 0 Å². The van der Waals surface area contributed by atoms with E-state index in [0.29, 0.717) is 12.0 Å². The van der Waals surface area contributed by atoms with Gasteiger partial charge >= 0.3 is 0 Å². The zero-order valence-electron chi connectivity index (χ0n) is 7.30. The van der Waals surface area contributed by atoms with Crippen molar-refractivity contribution in [2.45, 2.75) is 19.4 Å². The van der Waals surface area contributed by atoms with Gasteiger partial charge in [-0.15, -0.1) is 0 Å². The molecule has 0 fully saturated rings. The topological polar surface area (TPSA) is 63.4 Å². The van der Waals surface area contributed by atoms with Crippen LogP contribution in [0.1, 0.15) is 25.0 Å². The molecule has 0 saturated carbocycles. The molecule has 0 aliphatic rings. The highest BCUT2D eigenvalue weighted by Gasteiger charge is 2.17. The Kier molecular flexibility index (Phi) is 2.97. The van der Waals surface area contributed by atoms with Crippen LogP contribution < -0.4 is 0 Å². The number of aliphatic hydroxyl groups excluding tert-OH is 1. The second-order valence-electron chi connectivity index (χ2n) is 2.74. The summed E-state index contributed by atoms with van der Waals surface area (Å²) in [6.07, 6.45) is -0.271. The lowest BCUT2D eigenvalue weighted by atomic mass is 10.1. The van der Waals surface area contributed by atoms with Crippen molar-refractivity contribution in [3.05, 3.63) is 39.9 Å². The highest BCUT2D eigenvalue weighted by atomic mass is 16.6. The molecule has 1 rings (SSSR count). The molecule has 13 heavy (non-hydrogen) atoms. The number of benzene rings is 1. The summed E-state index contributed by atoms with van der Waals surface area (Å²) in [6, 6.07) is 6.24.